The number of Topliss-reactive ketones (excluding diaryl/α,β-unsaturated/α-hetero) is 1. The van der Waals surface area contributed by atoms with Gasteiger partial charge in [0.1, 0.15) is 6.04 Å². The number of fused-ring (bicyclic) bond motifs is 5. The van der Waals surface area contributed by atoms with Crippen molar-refractivity contribution in [1.82, 2.24) is 4.90 Å². The van der Waals surface area contributed by atoms with Gasteiger partial charge in [0.15, 0.2) is 5.78 Å². The molecule has 0 N–H and O–H groups in total. The van der Waals surface area contributed by atoms with Crippen LogP contribution in [0.2, 0.25) is 0 Å². The highest BCUT2D eigenvalue weighted by atomic mass is 16.5. The van der Waals surface area contributed by atoms with Gasteiger partial charge in [-0.05, 0) is 24.6 Å². The molecule has 0 spiro atoms. The lowest BCUT2D eigenvalue weighted by Gasteiger charge is -2.38. The van der Waals surface area contributed by atoms with Crippen molar-refractivity contribution in [2.75, 3.05) is 25.2 Å². The summed E-state index contributed by atoms with van der Waals surface area (Å²) < 4.78 is 5.08. The highest BCUT2D eigenvalue weighted by Crippen LogP contribution is 2.49. The predicted molar refractivity (Wildman–Crippen MR) is 110 cm³/mol. The van der Waals surface area contributed by atoms with Gasteiger partial charge in [0.05, 0.1) is 31.0 Å². The number of hydrogen-bond donors (Lipinski definition) is 0. The molecule has 3 aliphatic rings. The summed E-state index contributed by atoms with van der Waals surface area (Å²) in [5.74, 6) is -1.66. The van der Waals surface area contributed by atoms with E-state index in [0.29, 0.717) is 6.61 Å². The van der Waals surface area contributed by atoms with Crippen LogP contribution in [0, 0.1) is 24.2 Å². The first-order valence-corrected chi connectivity index (χ1v) is 10.1. The van der Waals surface area contributed by atoms with Crippen LogP contribution >= 0.6 is 0 Å². The summed E-state index contributed by atoms with van der Waals surface area (Å²) >= 11 is 0. The lowest BCUT2D eigenvalue weighted by Crippen LogP contribution is -2.51. The van der Waals surface area contributed by atoms with Gasteiger partial charge < -0.3 is 9.64 Å². The van der Waals surface area contributed by atoms with Gasteiger partial charge in [-0.3, -0.25) is 19.3 Å². The van der Waals surface area contributed by atoms with Gasteiger partial charge in [-0.15, -0.1) is 0 Å². The van der Waals surface area contributed by atoms with Crippen molar-refractivity contribution < 1.29 is 19.1 Å². The van der Waals surface area contributed by atoms with Crippen LogP contribution in [0.25, 0.3) is 6.08 Å². The number of amides is 2. The summed E-state index contributed by atoms with van der Waals surface area (Å²) in [6.07, 6.45) is 4.00. The third kappa shape index (κ3) is 2.92. The van der Waals surface area contributed by atoms with E-state index in [1.54, 1.807) is 7.11 Å². The van der Waals surface area contributed by atoms with Gasteiger partial charge in [0, 0.05) is 18.2 Å². The maximum atomic E-state index is 13.5. The number of anilines is 1. The maximum Gasteiger partial charge on any atom is 0.235 e. The number of rotatable bonds is 4. The Hall–Kier alpha value is -2.47. The molecule has 1 aromatic rings. The monoisotopic (exact) mass is 396 g/mol. The molecule has 4 atom stereocenters. The zero-order valence-electron chi connectivity index (χ0n) is 17.6. The first-order valence-electron chi connectivity index (χ1n) is 10.1. The molecule has 2 fully saturated rings. The second-order valence-corrected chi connectivity index (χ2v) is 9.25. The predicted octanol–water partition coefficient (Wildman–Crippen LogP) is 2.44. The van der Waals surface area contributed by atoms with Gasteiger partial charge >= 0.3 is 0 Å². The number of nitrogens with zero attached hydrogens (tertiary/aromatic N) is 2. The minimum atomic E-state index is -0.659. The van der Waals surface area contributed by atoms with Gasteiger partial charge in [0.25, 0.3) is 0 Å². The Morgan fingerprint density at radius 3 is 2.48 bits per heavy atom. The number of aryl methyl sites for hydroxylation is 1. The van der Waals surface area contributed by atoms with Crippen molar-refractivity contribution in [3.8, 4) is 0 Å². The van der Waals surface area contributed by atoms with Crippen LogP contribution in [0.1, 0.15) is 31.9 Å². The molecule has 6 nitrogen and oxygen atoms in total. The van der Waals surface area contributed by atoms with Crippen LogP contribution in [-0.2, 0) is 19.1 Å². The fourth-order valence-corrected chi connectivity index (χ4v) is 4.90. The molecule has 0 aliphatic carbocycles. The Morgan fingerprint density at radius 2 is 1.83 bits per heavy atom. The zero-order valence-corrected chi connectivity index (χ0v) is 17.6. The fourth-order valence-electron chi connectivity index (χ4n) is 4.90. The van der Waals surface area contributed by atoms with Crippen molar-refractivity contribution in [1.29, 1.82) is 0 Å². The first kappa shape index (κ1) is 19.8. The SMILES string of the molecule is COCCN1C(=O)[C@@H]2[C@H](C1=O)[C@H]1C=Cc3cc(C)ccc3N1[C@H]2C(=O)C(C)(C)C. The molecule has 3 heterocycles. The lowest BCUT2D eigenvalue weighted by atomic mass is 9.79. The second kappa shape index (κ2) is 6.80. The molecule has 3 aliphatic heterocycles. The van der Waals surface area contributed by atoms with Crippen molar-refractivity contribution in [2.45, 2.75) is 39.8 Å². The van der Waals surface area contributed by atoms with Crippen molar-refractivity contribution in [3.05, 3.63) is 35.4 Å². The van der Waals surface area contributed by atoms with E-state index in [4.69, 9.17) is 4.74 Å². The van der Waals surface area contributed by atoms with Crippen molar-refractivity contribution in [3.63, 3.8) is 0 Å². The van der Waals surface area contributed by atoms with Crippen molar-refractivity contribution >= 4 is 29.4 Å². The molecule has 29 heavy (non-hydrogen) atoms. The van der Waals surface area contributed by atoms with Crippen LogP contribution in [0.15, 0.2) is 24.3 Å². The lowest BCUT2D eigenvalue weighted by molar-refractivity contribution is -0.142. The van der Waals surface area contributed by atoms with E-state index < -0.39 is 23.3 Å². The quantitative estimate of drug-likeness (QED) is 0.732. The highest BCUT2D eigenvalue weighted by molar-refractivity contribution is 6.11. The van der Waals surface area contributed by atoms with Gasteiger partial charge in [-0.25, -0.2) is 0 Å². The summed E-state index contributed by atoms with van der Waals surface area (Å²) in [7, 11) is 1.54. The average Bonchev–Trinajstić information content (AvgIpc) is 3.12. The van der Waals surface area contributed by atoms with E-state index in [-0.39, 0.29) is 30.2 Å². The van der Waals surface area contributed by atoms with E-state index in [0.717, 1.165) is 16.8 Å². The zero-order chi connectivity index (χ0) is 21.1. The molecule has 4 rings (SSSR count). The Bertz CT molecular complexity index is 914. The minimum absolute atomic E-state index is 0.00781. The molecule has 2 saturated heterocycles. The number of ether oxygens (including phenoxy) is 1. The van der Waals surface area contributed by atoms with Crippen LogP contribution < -0.4 is 4.90 Å². The number of ketones is 1. The standard InChI is InChI=1S/C23H28N2O4/c1-13-6-8-15-14(12-13)7-9-16-17-18(19(25(15)16)20(26)23(2,3)4)22(28)24(21(17)27)10-11-29-5/h6-9,12,16-19H,10-11H2,1-5H3/t16-,17-,18-,19-/m1/s1. The third-order valence-corrected chi connectivity index (χ3v) is 6.28. The molecule has 0 aromatic heterocycles. The minimum Gasteiger partial charge on any atom is -0.383 e. The summed E-state index contributed by atoms with van der Waals surface area (Å²) in [5, 5.41) is 0. The smallest absolute Gasteiger partial charge is 0.235 e. The average molecular weight is 396 g/mol. The number of carbonyl (C=O) groups excluding carboxylic acids is 3. The van der Waals surface area contributed by atoms with E-state index in [9.17, 15) is 14.4 Å². The Kier molecular flexibility index (Phi) is 4.65. The number of benzene rings is 1. The largest absolute Gasteiger partial charge is 0.383 e. The summed E-state index contributed by atoms with van der Waals surface area (Å²) in [6, 6.07) is 5.14. The second-order valence-electron chi connectivity index (χ2n) is 9.25. The summed E-state index contributed by atoms with van der Waals surface area (Å²) in [6.45, 7) is 8.16. The van der Waals surface area contributed by atoms with E-state index in [1.807, 2.05) is 56.9 Å². The Morgan fingerprint density at radius 1 is 1.14 bits per heavy atom. The molecule has 1 aromatic carbocycles. The third-order valence-electron chi connectivity index (χ3n) is 6.28. The number of likely N-dealkylation sites (tertiary alicyclic amines) is 1. The van der Waals surface area contributed by atoms with Gasteiger partial charge in [0.2, 0.25) is 11.8 Å². The Balaban J connectivity index is 1.83. The van der Waals surface area contributed by atoms with Gasteiger partial charge in [-0.2, -0.15) is 0 Å². The molecule has 0 unspecified atom stereocenters. The molecular formula is C23H28N2O4. The summed E-state index contributed by atoms with van der Waals surface area (Å²) in [5.41, 5.74) is 2.44. The number of methoxy groups -OCH3 is 1. The molecule has 0 radical (unpaired) electrons. The van der Waals surface area contributed by atoms with E-state index in [2.05, 4.69) is 6.07 Å². The molecule has 2 amide bonds. The van der Waals surface area contributed by atoms with Gasteiger partial charge in [-0.1, -0.05) is 44.6 Å². The molecule has 0 saturated carbocycles. The normalized spacial score (nSPS) is 27.9. The van der Waals surface area contributed by atoms with Crippen LogP contribution in [0.4, 0.5) is 5.69 Å². The van der Waals surface area contributed by atoms with Crippen molar-refractivity contribution in [2.24, 2.45) is 17.3 Å². The fraction of sp³-hybridized carbons (Fsp3) is 0.522. The van der Waals surface area contributed by atoms with Crippen LogP contribution in [0.5, 0.6) is 0 Å². The Labute approximate surface area is 171 Å². The molecular weight excluding hydrogens is 368 g/mol. The van der Waals surface area contributed by atoms with E-state index >= 15 is 0 Å². The molecule has 6 heteroatoms. The highest BCUT2D eigenvalue weighted by Gasteiger charge is 2.64. The van der Waals surface area contributed by atoms with Crippen LogP contribution in [0.3, 0.4) is 0 Å². The maximum absolute atomic E-state index is 13.5. The van der Waals surface area contributed by atoms with E-state index in [1.165, 1.54) is 4.90 Å². The molecule has 0 bridgehead atoms. The number of imide groups is 1. The summed E-state index contributed by atoms with van der Waals surface area (Å²) in [4.78, 5) is 43.4. The van der Waals surface area contributed by atoms with Crippen LogP contribution in [-0.4, -0.2) is 54.8 Å². The molecule has 154 valence electrons. The first-order chi connectivity index (χ1) is 13.7. The topological polar surface area (TPSA) is 66.9 Å². The number of hydrogen-bond acceptors (Lipinski definition) is 5. The number of carbonyl (C=O) groups is 3.